The van der Waals surface area contributed by atoms with Gasteiger partial charge in [-0.3, -0.25) is 0 Å². The highest BCUT2D eigenvalue weighted by molar-refractivity contribution is 9.10. The standard InChI is InChI=1S/C12H17BrFNO2S/c1-12(2,3)18(16,17)7-6-15-11-5-4-9(13)8-10(11)14/h4-5,8,15H,6-7H2,1-3H3. The second kappa shape index (κ2) is 5.57. The van der Waals surface area contributed by atoms with E-state index in [-0.39, 0.29) is 12.3 Å². The molecule has 0 spiro atoms. The third-order valence-electron chi connectivity index (χ3n) is 2.55. The Hall–Kier alpha value is -0.620. The van der Waals surface area contributed by atoms with E-state index in [9.17, 15) is 12.8 Å². The van der Waals surface area contributed by atoms with Crippen molar-refractivity contribution in [2.45, 2.75) is 25.5 Å². The second-order valence-electron chi connectivity index (χ2n) is 4.98. The molecular weight excluding hydrogens is 321 g/mol. The maximum atomic E-state index is 13.5. The number of halogens is 2. The Morgan fingerprint density at radius 3 is 2.44 bits per heavy atom. The Bertz CT molecular complexity index is 523. The quantitative estimate of drug-likeness (QED) is 0.917. The van der Waals surface area contributed by atoms with Crippen LogP contribution in [0.4, 0.5) is 10.1 Å². The van der Waals surface area contributed by atoms with Crippen molar-refractivity contribution in [3.63, 3.8) is 0 Å². The molecule has 0 aliphatic heterocycles. The summed E-state index contributed by atoms with van der Waals surface area (Å²) in [5, 5.41) is 2.79. The van der Waals surface area contributed by atoms with Crippen LogP contribution in [0, 0.1) is 5.82 Å². The summed E-state index contributed by atoms with van der Waals surface area (Å²) in [6.45, 7) is 5.16. The van der Waals surface area contributed by atoms with Gasteiger partial charge in [-0.2, -0.15) is 0 Å². The average molecular weight is 338 g/mol. The Labute approximate surface area is 116 Å². The van der Waals surface area contributed by atoms with Crippen molar-refractivity contribution in [3.8, 4) is 0 Å². The first-order chi connectivity index (χ1) is 8.13. The van der Waals surface area contributed by atoms with E-state index < -0.39 is 20.4 Å². The largest absolute Gasteiger partial charge is 0.382 e. The minimum Gasteiger partial charge on any atom is -0.382 e. The summed E-state index contributed by atoms with van der Waals surface area (Å²) in [7, 11) is -3.18. The van der Waals surface area contributed by atoms with Crippen molar-refractivity contribution in [1.82, 2.24) is 0 Å². The fraction of sp³-hybridized carbons (Fsp3) is 0.500. The van der Waals surface area contributed by atoms with Crippen molar-refractivity contribution < 1.29 is 12.8 Å². The molecule has 0 aliphatic carbocycles. The first kappa shape index (κ1) is 15.4. The molecule has 18 heavy (non-hydrogen) atoms. The molecule has 1 N–H and O–H groups in total. The van der Waals surface area contributed by atoms with Gasteiger partial charge < -0.3 is 5.32 Å². The molecule has 0 fully saturated rings. The maximum absolute atomic E-state index is 13.5. The highest BCUT2D eigenvalue weighted by Gasteiger charge is 2.28. The number of hydrogen-bond donors (Lipinski definition) is 1. The Balaban J connectivity index is 2.63. The summed E-state index contributed by atoms with van der Waals surface area (Å²) in [4.78, 5) is 0. The van der Waals surface area contributed by atoms with Gasteiger partial charge in [-0.25, -0.2) is 12.8 Å². The molecule has 102 valence electrons. The van der Waals surface area contributed by atoms with Crippen LogP contribution in [0.3, 0.4) is 0 Å². The van der Waals surface area contributed by atoms with Gasteiger partial charge in [-0.15, -0.1) is 0 Å². The smallest absolute Gasteiger partial charge is 0.156 e. The van der Waals surface area contributed by atoms with Gasteiger partial charge in [0.2, 0.25) is 0 Å². The molecule has 1 aromatic carbocycles. The summed E-state index contributed by atoms with van der Waals surface area (Å²) >= 11 is 3.16. The van der Waals surface area contributed by atoms with Crippen LogP contribution in [0.1, 0.15) is 20.8 Å². The highest BCUT2D eigenvalue weighted by Crippen LogP contribution is 2.20. The molecule has 0 saturated heterocycles. The minimum atomic E-state index is -3.18. The van der Waals surface area contributed by atoms with Gasteiger partial charge >= 0.3 is 0 Å². The molecule has 0 atom stereocenters. The van der Waals surface area contributed by atoms with Gasteiger partial charge in [0.05, 0.1) is 16.2 Å². The topological polar surface area (TPSA) is 46.2 Å². The Morgan fingerprint density at radius 2 is 1.94 bits per heavy atom. The molecule has 1 aromatic rings. The zero-order valence-corrected chi connectivity index (χ0v) is 13.0. The Morgan fingerprint density at radius 1 is 1.33 bits per heavy atom. The van der Waals surface area contributed by atoms with Crippen LogP contribution in [0.5, 0.6) is 0 Å². The van der Waals surface area contributed by atoms with Gasteiger partial charge in [-0.05, 0) is 39.0 Å². The number of benzene rings is 1. The lowest BCUT2D eigenvalue weighted by Gasteiger charge is -2.19. The lowest BCUT2D eigenvalue weighted by molar-refractivity contribution is 0.560. The molecule has 6 heteroatoms. The van der Waals surface area contributed by atoms with E-state index in [1.165, 1.54) is 6.07 Å². The number of nitrogens with one attached hydrogen (secondary N) is 1. The molecule has 0 amide bonds. The summed E-state index contributed by atoms with van der Waals surface area (Å²) < 4.78 is 37.0. The van der Waals surface area contributed by atoms with Crippen LogP contribution in [0.25, 0.3) is 0 Å². The first-order valence-corrected chi connectivity index (χ1v) is 7.99. The lowest BCUT2D eigenvalue weighted by atomic mass is 10.3. The van der Waals surface area contributed by atoms with Gasteiger partial charge in [0, 0.05) is 11.0 Å². The summed E-state index contributed by atoms with van der Waals surface area (Å²) in [6, 6.07) is 4.60. The molecule has 0 radical (unpaired) electrons. The normalized spacial score (nSPS) is 12.5. The van der Waals surface area contributed by atoms with Crippen molar-refractivity contribution >= 4 is 31.5 Å². The molecule has 0 aromatic heterocycles. The van der Waals surface area contributed by atoms with E-state index in [4.69, 9.17) is 0 Å². The van der Waals surface area contributed by atoms with Crippen molar-refractivity contribution in [2.24, 2.45) is 0 Å². The third kappa shape index (κ3) is 3.95. The predicted molar refractivity (Wildman–Crippen MR) is 76.1 cm³/mol. The van der Waals surface area contributed by atoms with Gasteiger partial charge in [-0.1, -0.05) is 15.9 Å². The van der Waals surface area contributed by atoms with Gasteiger partial charge in [0.25, 0.3) is 0 Å². The highest BCUT2D eigenvalue weighted by atomic mass is 79.9. The van der Waals surface area contributed by atoms with Crippen LogP contribution in [0.15, 0.2) is 22.7 Å². The summed E-state index contributed by atoms with van der Waals surface area (Å²) in [6.07, 6.45) is 0. The van der Waals surface area contributed by atoms with Crippen molar-refractivity contribution in [1.29, 1.82) is 0 Å². The van der Waals surface area contributed by atoms with E-state index in [0.717, 1.165) is 0 Å². The van der Waals surface area contributed by atoms with E-state index in [1.807, 2.05) is 0 Å². The third-order valence-corrected chi connectivity index (χ3v) is 5.65. The Kier molecular flexibility index (Phi) is 4.78. The predicted octanol–water partition coefficient (Wildman–Crippen LogP) is 3.21. The van der Waals surface area contributed by atoms with Crippen LogP contribution in [-0.4, -0.2) is 25.5 Å². The molecule has 3 nitrogen and oxygen atoms in total. The van der Waals surface area contributed by atoms with Crippen molar-refractivity contribution in [3.05, 3.63) is 28.5 Å². The van der Waals surface area contributed by atoms with Crippen LogP contribution >= 0.6 is 15.9 Å². The zero-order valence-electron chi connectivity index (χ0n) is 10.6. The van der Waals surface area contributed by atoms with E-state index in [0.29, 0.717) is 10.2 Å². The van der Waals surface area contributed by atoms with Gasteiger partial charge in [0.15, 0.2) is 9.84 Å². The summed E-state index contributed by atoms with van der Waals surface area (Å²) in [5.41, 5.74) is 0.308. The molecular formula is C12H17BrFNO2S. The molecule has 1 rings (SSSR count). The zero-order chi connectivity index (χ0) is 14.0. The number of anilines is 1. The molecule has 0 bridgehead atoms. The molecule has 0 heterocycles. The van der Waals surface area contributed by atoms with E-state index in [2.05, 4.69) is 21.2 Å². The molecule has 0 saturated carbocycles. The molecule has 0 unspecified atom stereocenters. The second-order valence-corrected chi connectivity index (χ2v) is 8.76. The lowest BCUT2D eigenvalue weighted by Crippen LogP contribution is -2.32. The number of rotatable bonds is 4. The van der Waals surface area contributed by atoms with E-state index >= 15 is 0 Å². The first-order valence-electron chi connectivity index (χ1n) is 5.55. The number of sulfone groups is 1. The maximum Gasteiger partial charge on any atom is 0.156 e. The monoisotopic (exact) mass is 337 g/mol. The molecule has 0 aliphatic rings. The minimum absolute atomic E-state index is 0.0218. The van der Waals surface area contributed by atoms with Gasteiger partial charge in [0.1, 0.15) is 5.82 Å². The fourth-order valence-corrected chi connectivity index (χ4v) is 2.58. The van der Waals surface area contributed by atoms with Crippen LogP contribution in [0.2, 0.25) is 0 Å². The van der Waals surface area contributed by atoms with Crippen LogP contribution in [-0.2, 0) is 9.84 Å². The average Bonchev–Trinajstić information content (AvgIpc) is 2.19. The SMILES string of the molecule is CC(C)(C)S(=O)(=O)CCNc1ccc(Br)cc1F. The summed E-state index contributed by atoms with van der Waals surface area (Å²) in [5.74, 6) is -0.427. The van der Waals surface area contributed by atoms with Crippen LogP contribution < -0.4 is 5.32 Å². The number of hydrogen-bond acceptors (Lipinski definition) is 3. The van der Waals surface area contributed by atoms with Crippen molar-refractivity contribution in [2.75, 3.05) is 17.6 Å². The van der Waals surface area contributed by atoms with E-state index in [1.54, 1.807) is 32.9 Å². The fourth-order valence-electron chi connectivity index (χ4n) is 1.26.